The zero-order valence-electron chi connectivity index (χ0n) is 13.4. The van der Waals surface area contributed by atoms with Gasteiger partial charge in [-0.1, -0.05) is 6.07 Å². The second-order valence-electron chi connectivity index (χ2n) is 4.95. The van der Waals surface area contributed by atoms with Crippen LogP contribution in [-0.4, -0.2) is 34.0 Å². The smallest absolute Gasteiger partial charge is 0.257 e. The third-order valence-electron chi connectivity index (χ3n) is 3.37. The van der Waals surface area contributed by atoms with Crippen LogP contribution in [0.5, 0.6) is 11.5 Å². The maximum absolute atomic E-state index is 12.4. The number of aromatic nitrogens is 2. The van der Waals surface area contributed by atoms with Gasteiger partial charge < -0.3 is 14.8 Å². The van der Waals surface area contributed by atoms with Crippen molar-refractivity contribution >= 4 is 51.7 Å². The summed E-state index contributed by atoms with van der Waals surface area (Å²) in [7, 11) is 3.04. The molecule has 9 heteroatoms. The highest BCUT2D eigenvalue weighted by molar-refractivity contribution is 7.80. The van der Waals surface area contributed by atoms with E-state index in [2.05, 4.69) is 19.4 Å². The number of rotatable bonds is 4. The van der Waals surface area contributed by atoms with Gasteiger partial charge in [-0.25, -0.2) is 0 Å². The summed E-state index contributed by atoms with van der Waals surface area (Å²) in [4.78, 5) is 12.4. The van der Waals surface area contributed by atoms with Gasteiger partial charge in [0.15, 0.2) is 5.11 Å². The van der Waals surface area contributed by atoms with Crippen molar-refractivity contribution in [3.63, 3.8) is 0 Å². The topological polar surface area (TPSA) is 85.4 Å². The second-order valence-corrected chi connectivity index (χ2v) is 5.88. The summed E-state index contributed by atoms with van der Waals surface area (Å²) < 4.78 is 18.7. The lowest BCUT2D eigenvalue weighted by Gasteiger charge is -2.11. The van der Waals surface area contributed by atoms with Gasteiger partial charge in [-0.15, -0.1) is 0 Å². The number of anilines is 1. The molecule has 7 nitrogen and oxygen atoms in total. The summed E-state index contributed by atoms with van der Waals surface area (Å²) in [5.74, 6) is 0.654. The second kappa shape index (κ2) is 7.41. The summed E-state index contributed by atoms with van der Waals surface area (Å²) >= 11 is 6.34. The Bertz CT molecular complexity index is 920. The van der Waals surface area contributed by atoms with E-state index < -0.39 is 0 Å². The number of benzene rings is 2. The van der Waals surface area contributed by atoms with E-state index in [1.165, 1.54) is 14.2 Å². The molecule has 25 heavy (non-hydrogen) atoms. The number of carbonyl (C=O) groups is 1. The number of ether oxygens (including phenoxy) is 2. The maximum Gasteiger partial charge on any atom is 0.257 e. The molecule has 0 aliphatic heterocycles. The number of hydrogen-bond donors (Lipinski definition) is 2. The van der Waals surface area contributed by atoms with E-state index in [4.69, 9.17) is 21.7 Å². The molecule has 3 rings (SSSR count). The molecule has 0 spiro atoms. The summed E-state index contributed by atoms with van der Waals surface area (Å²) in [5, 5.41) is 5.76. The molecule has 128 valence electrons. The molecule has 1 heterocycles. The van der Waals surface area contributed by atoms with E-state index in [1.807, 2.05) is 18.2 Å². The minimum Gasteiger partial charge on any atom is -0.497 e. The highest BCUT2D eigenvalue weighted by Crippen LogP contribution is 2.23. The number of amides is 1. The molecule has 0 atom stereocenters. The molecule has 3 aromatic rings. The van der Waals surface area contributed by atoms with Crippen LogP contribution < -0.4 is 20.1 Å². The average Bonchev–Trinajstić information content (AvgIpc) is 3.11. The average molecular weight is 374 g/mol. The Morgan fingerprint density at radius 2 is 1.84 bits per heavy atom. The summed E-state index contributed by atoms with van der Waals surface area (Å²) in [5.41, 5.74) is 2.52. The summed E-state index contributed by atoms with van der Waals surface area (Å²) in [6.45, 7) is 0. The van der Waals surface area contributed by atoms with E-state index in [0.717, 1.165) is 17.2 Å². The largest absolute Gasteiger partial charge is 0.497 e. The van der Waals surface area contributed by atoms with Crippen molar-refractivity contribution < 1.29 is 14.3 Å². The van der Waals surface area contributed by atoms with Crippen molar-refractivity contribution in [2.75, 3.05) is 19.5 Å². The van der Waals surface area contributed by atoms with Crippen LogP contribution in [-0.2, 0) is 0 Å². The van der Waals surface area contributed by atoms with Crippen molar-refractivity contribution in [3.05, 3.63) is 42.0 Å². The Balaban J connectivity index is 1.74. The first kappa shape index (κ1) is 17.1. The van der Waals surface area contributed by atoms with Crippen LogP contribution in [0.4, 0.5) is 5.69 Å². The lowest BCUT2D eigenvalue weighted by atomic mass is 10.2. The Labute approximate surface area is 153 Å². The highest BCUT2D eigenvalue weighted by Gasteiger charge is 2.13. The number of methoxy groups -OCH3 is 2. The predicted molar refractivity (Wildman–Crippen MR) is 101 cm³/mol. The molecule has 1 amide bonds. The minimum absolute atomic E-state index is 0.160. The van der Waals surface area contributed by atoms with Crippen LogP contribution >= 0.6 is 23.9 Å². The van der Waals surface area contributed by atoms with Gasteiger partial charge in [-0.3, -0.25) is 10.1 Å². The number of thiocarbonyl (C=S) groups is 1. The highest BCUT2D eigenvalue weighted by atomic mass is 32.1. The van der Waals surface area contributed by atoms with Gasteiger partial charge in [0, 0.05) is 11.6 Å². The Kier molecular flexibility index (Phi) is 5.05. The Morgan fingerprint density at radius 1 is 1.12 bits per heavy atom. The number of hydrogen-bond acceptors (Lipinski definition) is 7. The van der Waals surface area contributed by atoms with Crippen LogP contribution in [0.2, 0.25) is 0 Å². The molecular formula is C16H14N4O3S2. The van der Waals surface area contributed by atoms with Crippen LogP contribution in [0, 0.1) is 0 Å². The summed E-state index contributed by atoms with van der Waals surface area (Å²) in [6, 6.07) is 10.4. The molecule has 0 saturated heterocycles. The Hall–Kier alpha value is -2.78. The van der Waals surface area contributed by atoms with Gasteiger partial charge in [0.05, 0.1) is 31.6 Å². The van der Waals surface area contributed by atoms with Crippen LogP contribution in [0.25, 0.3) is 11.0 Å². The van der Waals surface area contributed by atoms with Gasteiger partial charge in [-0.2, -0.15) is 8.75 Å². The summed E-state index contributed by atoms with van der Waals surface area (Å²) in [6.07, 6.45) is 0. The normalized spacial score (nSPS) is 10.3. The zero-order chi connectivity index (χ0) is 17.8. The lowest BCUT2D eigenvalue weighted by Crippen LogP contribution is -2.34. The zero-order valence-corrected chi connectivity index (χ0v) is 15.0. The monoisotopic (exact) mass is 374 g/mol. The SMILES string of the molecule is COc1cc(OC)cc(C(=O)NC(=S)Nc2cccc3nsnc23)c1. The fourth-order valence-electron chi connectivity index (χ4n) is 2.17. The van der Waals surface area contributed by atoms with Crippen LogP contribution in [0.1, 0.15) is 10.4 Å². The molecule has 0 aliphatic rings. The van der Waals surface area contributed by atoms with Gasteiger partial charge >= 0.3 is 0 Å². The minimum atomic E-state index is -0.377. The number of nitrogens with zero attached hydrogens (tertiary/aromatic N) is 2. The number of nitrogens with one attached hydrogen (secondary N) is 2. The molecule has 0 bridgehead atoms. The van der Waals surface area contributed by atoms with Crippen LogP contribution in [0.3, 0.4) is 0 Å². The first-order valence-electron chi connectivity index (χ1n) is 7.17. The van der Waals surface area contributed by atoms with Gasteiger partial charge in [0.2, 0.25) is 0 Å². The van der Waals surface area contributed by atoms with Gasteiger partial charge in [0.25, 0.3) is 5.91 Å². The molecule has 2 aromatic carbocycles. The third kappa shape index (κ3) is 3.83. The van der Waals surface area contributed by atoms with Crippen LogP contribution in [0.15, 0.2) is 36.4 Å². The van der Waals surface area contributed by atoms with Crippen molar-refractivity contribution in [1.29, 1.82) is 0 Å². The van der Waals surface area contributed by atoms with E-state index in [1.54, 1.807) is 18.2 Å². The standard InChI is InChI=1S/C16H14N4O3S2/c1-22-10-6-9(7-11(8-10)23-2)15(21)18-16(24)17-12-4-3-5-13-14(12)20-25-19-13/h3-8H,1-2H3,(H2,17,18,21,24). The van der Waals surface area contributed by atoms with E-state index in [-0.39, 0.29) is 11.0 Å². The molecule has 0 aliphatic carbocycles. The maximum atomic E-state index is 12.4. The number of carbonyl (C=O) groups excluding carboxylic acids is 1. The molecule has 0 saturated carbocycles. The quantitative estimate of drug-likeness (QED) is 0.679. The van der Waals surface area contributed by atoms with Gasteiger partial charge in [0.1, 0.15) is 22.5 Å². The van der Waals surface area contributed by atoms with E-state index in [9.17, 15) is 4.79 Å². The molecule has 1 aromatic heterocycles. The molecule has 0 unspecified atom stereocenters. The predicted octanol–water partition coefficient (Wildman–Crippen LogP) is 2.84. The van der Waals surface area contributed by atoms with Gasteiger partial charge in [-0.05, 0) is 36.5 Å². The van der Waals surface area contributed by atoms with E-state index in [0.29, 0.717) is 28.3 Å². The fourth-order valence-corrected chi connectivity index (χ4v) is 2.93. The fraction of sp³-hybridized carbons (Fsp3) is 0.125. The molecule has 2 N–H and O–H groups in total. The molecule has 0 fully saturated rings. The van der Waals surface area contributed by atoms with Crippen molar-refractivity contribution in [2.45, 2.75) is 0 Å². The van der Waals surface area contributed by atoms with Crippen molar-refractivity contribution in [1.82, 2.24) is 14.1 Å². The Morgan fingerprint density at radius 3 is 2.52 bits per heavy atom. The molecular weight excluding hydrogens is 360 g/mol. The van der Waals surface area contributed by atoms with Crippen molar-refractivity contribution in [3.8, 4) is 11.5 Å². The first-order valence-corrected chi connectivity index (χ1v) is 8.31. The lowest BCUT2D eigenvalue weighted by molar-refractivity contribution is 0.0977. The van der Waals surface area contributed by atoms with Crippen molar-refractivity contribution in [2.24, 2.45) is 0 Å². The van der Waals surface area contributed by atoms with E-state index >= 15 is 0 Å². The molecule has 0 radical (unpaired) electrons. The third-order valence-corrected chi connectivity index (χ3v) is 4.12. The number of fused-ring (bicyclic) bond motifs is 1. The first-order chi connectivity index (χ1) is 12.1.